The Labute approximate surface area is 111 Å². The second-order valence-electron chi connectivity index (χ2n) is 3.56. The fraction of sp³-hybridized carbons (Fsp3) is 0. The minimum absolute atomic E-state index is 0.290. The first-order valence-electron chi connectivity index (χ1n) is 5.07. The van der Waals surface area contributed by atoms with Gasteiger partial charge in [0.1, 0.15) is 0 Å². The van der Waals surface area contributed by atoms with Crippen LogP contribution >= 0.6 is 0 Å². The molecule has 1 aromatic heterocycles. The van der Waals surface area contributed by atoms with E-state index >= 15 is 0 Å². The zero-order valence-corrected chi connectivity index (χ0v) is 11.1. The fourth-order valence-electron chi connectivity index (χ4n) is 1.51. The Bertz CT molecular complexity index is 604. The first kappa shape index (κ1) is 12.5. The van der Waals surface area contributed by atoms with Crippen LogP contribution in [0.4, 0.5) is 15.9 Å². The molecule has 0 bridgehead atoms. The summed E-state index contributed by atoms with van der Waals surface area (Å²) in [6.07, 6.45) is 0.510. The number of benzene rings is 1. The van der Waals surface area contributed by atoms with Crippen LogP contribution in [0.25, 0.3) is 11.3 Å². The molecular formula is C12H10FN3OSe. The molecule has 2 rings (SSSR count). The summed E-state index contributed by atoms with van der Waals surface area (Å²) in [5.74, 6) is -0.0187. The molecule has 3 N–H and O–H groups in total. The third-order valence-electron chi connectivity index (χ3n) is 2.36. The number of hydrogen-bond acceptors (Lipinski definition) is 3. The topological polar surface area (TPSA) is 68.0 Å². The Balaban J connectivity index is 2.50. The molecule has 0 radical (unpaired) electrons. The number of nitrogen functional groups attached to an aromatic ring is 1. The summed E-state index contributed by atoms with van der Waals surface area (Å²) in [5, 5.41) is 2.42. The van der Waals surface area contributed by atoms with Gasteiger partial charge in [0.2, 0.25) is 0 Å². The molecule has 0 saturated heterocycles. The number of anilines is 2. The standard InChI is InChI=1S/C12H10FN3OSe/c13-7-1-2-8(11(18)5-7)10-4-3-9(14)12(16-10)15-6-17/h1-6,18H,14H2,(H,15,16,17). The van der Waals surface area contributed by atoms with Crippen molar-refractivity contribution in [1.29, 1.82) is 0 Å². The van der Waals surface area contributed by atoms with Crippen LogP contribution in [0.2, 0.25) is 0 Å². The SMILES string of the molecule is Nc1ccc(-c2ccc(F)cc2[SeH])nc1NC=O. The number of nitrogens with two attached hydrogens (primary N) is 1. The van der Waals surface area contributed by atoms with Gasteiger partial charge in [0.05, 0.1) is 0 Å². The molecule has 0 unspecified atom stereocenters. The van der Waals surface area contributed by atoms with Gasteiger partial charge in [-0.3, -0.25) is 0 Å². The predicted octanol–water partition coefficient (Wildman–Crippen LogP) is 0.564. The molecule has 0 aliphatic rings. The van der Waals surface area contributed by atoms with E-state index in [9.17, 15) is 9.18 Å². The molecule has 18 heavy (non-hydrogen) atoms. The third kappa shape index (κ3) is 2.50. The predicted molar refractivity (Wildman–Crippen MR) is 70.5 cm³/mol. The maximum atomic E-state index is 13.0. The van der Waals surface area contributed by atoms with Gasteiger partial charge in [0.25, 0.3) is 0 Å². The van der Waals surface area contributed by atoms with Gasteiger partial charge >= 0.3 is 111 Å². The van der Waals surface area contributed by atoms with Crippen molar-refractivity contribution in [3.63, 3.8) is 0 Å². The van der Waals surface area contributed by atoms with Crippen LogP contribution in [0.3, 0.4) is 0 Å². The van der Waals surface area contributed by atoms with Gasteiger partial charge in [-0.1, -0.05) is 0 Å². The summed E-state index contributed by atoms with van der Waals surface area (Å²) < 4.78 is 13.7. The molecule has 4 nitrogen and oxygen atoms in total. The van der Waals surface area contributed by atoms with Gasteiger partial charge in [-0.2, -0.15) is 0 Å². The number of nitrogens with one attached hydrogen (secondary N) is 1. The van der Waals surface area contributed by atoms with Gasteiger partial charge in [-0.05, 0) is 0 Å². The van der Waals surface area contributed by atoms with E-state index in [1.807, 2.05) is 0 Å². The quantitative estimate of drug-likeness (QED) is 0.643. The van der Waals surface area contributed by atoms with E-state index in [1.54, 1.807) is 18.2 Å². The van der Waals surface area contributed by atoms with E-state index in [2.05, 4.69) is 26.3 Å². The zero-order valence-electron chi connectivity index (χ0n) is 9.22. The number of hydrogen-bond donors (Lipinski definition) is 2. The molecule has 92 valence electrons. The van der Waals surface area contributed by atoms with E-state index in [0.29, 0.717) is 28.1 Å². The summed E-state index contributed by atoms with van der Waals surface area (Å²) in [7, 11) is 0. The van der Waals surface area contributed by atoms with Crippen LogP contribution in [0, 0.1) is 5.82 Å². The van der Waals surface area contributed by atoms with Crippen LogP contribution in [0.1, 0.15) is 0 Å². The molecule has 0 aliphatic carbocycles. The molecule has 0 spiro atoms. The molecule has 0 atom stereocenters. The van der Waals surface area contributed by atoms with E-state index in [1.165, 1.54) is 12.1 Å². The molecule has 1 heterocycles. The number of carbonyl (C=O) groups is 1. The number of pyridine rings is 1. The summed E-state index contributed by atoms with van der Waals surface area (Å²) in [6, 6.07) is 7.75. The second kappa shape index (κ2) is 5.16. The van der Waals surface area contributed by atoms with Crippen molar-refractivity contribution in [1.82, 2.24) is 4.98 Å². The molecule has 0 fully saturated rings. The summed E-state index contributed by atoms with van der Waals surface area (Å²) in [4.78, 5) is 14.6. The van der Waals surface area contributed by atoms with Crippen LogP contribution in [-0.2, 0) is 4.79 Å². The molecule has 0 saturated carbocycles. The van der Waals surface area contributed by atoms with Crippen molar-refractivity contribution in [2.75, 3.05) is 11.1 Å². The monoisotopic (exact) mass is 311 g/mol. The van der Waals surface area contributed by atoms with Crippen molar-refractivity contribution in [2.24, 2.45) is 0 Å². The van der Waals surface area contributed by atoms with E-state index < -0.39 is 0 Å². The van der Waals surface area contributed by atoms with E-state index in [-0.39, 0.29) is 5.82 Å². The average Bonchev–Trinajstić information content (AvgIpc) is 2.33. The van der Waals surface area contributed by atoms with Crippen LogP contribution < -0.4 is 15.5 Å². The van der Waals surface area contributed by atoms with Gasteiger partial charge < -0.3 is 0 Å². The summed E-state index contributed by atoms with van der Waals surface area (Å²) in [6.45, 7) is 0. The normalized spacial score (nSPS) is 10.1. The van der Waals surface area contributed by atoms with Gasteiger partial charge in [0, 0.05) is 0 Å². The number of carbonyl (C=O) groups excluding carboxylic acids is 1. The Hall–Kier alpha value is -1.91. The number of aromatic nitrogens is 1. The van der Waals surface area contributed by atoms with Crippen molar-refractivity contribution in [2.45, 2.75) is 0 Å². The molecule has 1 aromatic carbocycles. The van der Waals surface area contributed by atoms with Crippen LogP contribution in [0.5, 0.6) is 0 Å². The Kier molecular flexibility index (Phi) is 3.60. The average molecular weight is 310 g/mol. The first-order valence-corrected chi connectivity index (χ1v) is 6.01. The van der Waals surface area contributed by atoms with Crippen LogP contribution in [-0.4, -0.2) is 27.4 Å². The van der Waals surface area contributed by atoms with Crippen molar-refractivity contribution < 1.29 is 9.18 Å². The van der Waals surface area contributed by atoms with Crippen LogP contribution in [0.15, 0.2) is 30.3 Å². The van der Waals surface area contributed by atoms with Gasteiger partial charge in [-0.15, -0.1) is 0 Å². The maximum absolute atomic E-state index is 13.0. The first-order chi connectivity index (χ1) is 8.61. The number of amides is 1. The molecular weight excluding hydrogens is 300 g/mol. The third-order valence-corrected chi connectivity index (χ3v) is 3.13. The molecule has 0 aliphatic heterocycles. The van der Waals surface area contributed by atoms with Crippen molar-refractivity contribution in [3.8, 4) is 11.3 Å². The zero-order chi connectivity index (χ0) is 13.1. The second-order valence-corrected chi connectivity index (χ2v) is 4.57. The Morgan fingerprint density at radius 2 is 2.11 bits per heavy atom. The van der Waals surface area contributed by atoms with Gasteiger partial charge in [0.15, 0.2) is 0 Å². The van der Waals surface area contributed by atoms with Crippen molar-refractivity contribution in [3.05, 3.63) is 36.1 Å². The number of nitrogens with zero attached hydrogens (tertiary/aromatic N) is 1. The van der Waals surface area contributed by atoms with E-state index in [0.717, 1.165) is 5.56 Å². The number of halogens is 1. The molecule has 1 amide bonds. The number of rotatable bonds is 3. The summed E-state index contributed by atoms with van der Waals surface area (Å²) >= 11 is 2.28. The Morgan fingerprint density at radius 3 is 2.78 bits per heavy atom. The fourth-order valence-corrected chi connectivity index (χ4v) is 2.17. The molecule has 2 aromatic rings. The van der Waals surface area contributed by atoms with Gasteiger partial charge in [-0.25, -0.2) is 0 Å². The minimum atomic E-state index is -0.309. The van der Waals surface area contributed by atoms with E-state index in [4.69, 9.17) is 5.73 Å². The van der Waals surface area contributed by atoms with Crippen molar-refractivity contribution >= 4 is 38.4 Å². The Morgan fingerprint density at radius 1 is 1.33 bits per heavy atom. The summed E-state index contributed by atoms with van der Waals surface area (Å²) in [5.41, 5.74) is 7.43. The molecule has 6 heteroatoms.